The average molecular weight is 342 g/mol. The molecular formula is C22H18N2O2. The molecule has 0 aliphatic carbocycles. The van der Waals surface area contributed by atoms with Gasteiger partial charge in [-0.15, -0.1) is 0 Å². The van der Waals surface area contributed by atoms with Crippen LogP contribution in [0.2, 0.25) is 0 Å². The van der Waals surface area contributed by atoms with E-state index in [1.165, 1.54) is 11.6 Å². The maximum absolute atomic E-state index is 12.8. The summed E-state index contributed by atoms with van der Waals surface area (Å²) < 4.78 is 0. The highest BCUT2D eigenvalue weighted by Gasteiger charge is 2.15. The lowest BCUT2D eigenvalue weighted by Gasteiger charge is -2.16. The van der Waals surface area contributed by atoms with Crippen molar-refractivity contribution >= 4 is 27.5 Å². The minimum absolute atomic E-state index is 0.155. The predicted molar refractivity (Wildman–Crippen MR) is 104 cm³/mol. The Morgan fingerprint density at radius 3 is 2.42 bits per heavy atom. The lowest BCUT2D eigenvalue weighted by Crippen LogP contribution is -2.27. The van der Waals surface area contributed by atoms with Gasteiger partial charge in [-0.05, 0) is 35.4 Å². The van der Waals surface area contributed by atoms with Gasteiger partial charge in [0.05, 0.1) is 11.6 Å². The van der Waals surface area contributed by atoms with E-state index < -0.39 is 0 Å². The molecule has 4 nitrogen and oxygen atoms in total. The zero-order chi connectivity index (χ0) is 18.1. The van der Waals surface area contributed by atoms with Gasteiger partial charge in [0.15, 0.2) is 0 Å². The van der Waals surface area contributed by atoms with Gasteiger partial charge < -0.3 is 10.3 Å². The average Bonchev–Trinajstić information content (AvgIpc) is 2.68. The molecule has 0 bridgehead atoms. The molecule has 0 radical (unpaired) electrons. The second kappa shape index (κ2) is 6.48. The first-order chi connectivity index (χ1) is 12.6. The highest BCUT2D eigenvalue weighted by molar-refractivity contribution is 6.06. The lowest BCUT2D eigenvalue weighted by atomic mass is 10.0. The summed E-state index contributed by atoms with van der Waals surface area (Å²) in [6.45, 7) is 1.95. The van der Waals surface area contributed by atoms with Crippen molar-refractivity contribution in [3.8, 4) is 0 Å². The first-order valence-electron chi connectivity index (χ1n) is 8.53. The zero-order valence-corrected chi connectivity index (χ0v) is 14.3. The third-order valence-corrected chi connectivity index (χ3v) is 4.68. The number of hydrogen-bond donors (Lipinski definition) is 2. The van der Waals surface area contributed by atoms with Gasteiger partial charge in [-0.25, -0.2) is 0 Å². The fourth-order valence-electron chi connectivity index (χ4n) is 3.23. The molecule has 128 valence electrons. The molecule has 1 aromatic heterocycles. The summed E-state index contributed by atoms with van der Waals surface area (Å²) in [5.74, 6) is -0.210. The summed E-state index contributed by atoms with van der Waals surface area (Å²) in [4.78, 5) is 27.4. The van der Waals surface area contributed by atoms with Gasteiger partial charge in [0.1, 0.15) is 0 Å². The molecule has 0 spiro atoms. The van der Waals surface area contributed by atoms with Crippen LogP contribution < -0.4 is 10.9 Å². The van der Waals surface area contributed by atoms with Crippen LogP contribution in [0.5, 0.6) is 0 Å². The van der Waals surface area contributed by atoms with Crippen molar-refractivity contribution in [1.82, 2.24) is 10.3 Å². The van der Waals surface area contributed by atoms with Gasteiger partial charge in [-0.1, -0.05) is 54.6 Å². The fraction of sp³-hybridized carbons (Fsp3) is 0.0909. The highest BCUT2D eigenvalue weighted by atomic mass is 16.2. The number of pyridine rings is 1. The molecule has 1 heterocycles. The van der Waals surface area contributed by atoms with Gasteiger partial charge in [-0.2, -0.15) is 0 Å². The normalized spacial score (nSPS) is 12.2. The molecule has 0 aliphatic heterocycles. The monoisotopic (exact) mass is 342 g/mol. The standard InChI is InChI=1S/C22H18N2O2/c1-14(16-11-10-15-6-2-3-7-17(15)12-16)24-22(26)20-13-23-21(25)19-9-5-4-8-18(19)20/h2-14H,1H3,(H,23,25)(H,24,26)/t14-/m1/s1. The third-order valence-electron chi connectivity index (χ3n) is 4.68. The Kier molecular flexibility index (Phi) is 4.01. The first-order valence-corrected chi connectivity index (χ1v) is 8.53. The first kappa shape index (κ1) is 16.1. The second-order valence-corrected chi connectivity index (χ2v) is 6.38. The number of carbonyl (C=O) groups excluding carboxylic acids is 1. The van der Waals surface area contributed by atoms with Crippen LogP contribution in [0.15, 0.2) is 77.7 Å². The molecule has 1 amide bonds. The minimum atomic E-state index is -0.210. The lowest BCUT2D eigenvalue weighted by molar-refractivity contribution is 0.0941. The van der Waals surface area contributed by atoms with E-state index >= 15 is 0 Å². The number of carbonyl (C=O) groups is 1. The molecular weight excluding hydrogens is 324 g/mol. The van der Waals surface area contributed by atoms with Crippen LogP contribution in [0.3, 0.4) is 0 Å². The van der Waals surface area contributed by atoms with Gasteiger partial charge in [0.2, 0.25) is 0 Å². The van der Waals surface area contributed by atoms with Crippen LogP contribution in [0.1, 0.15) is 28.9 Å². The number of H-pyrrole nitrogens is 1. The van der Waals surface area contributed by atoms with E-state index in [1.807, 2.05) is 31.2 Å². The number of nitrogens with one attached hydrogen (secondary N) is 2. The van der Waals surface area contributed by atoms with E-state index in [1.54, 1.807) is 18.2 Å². The molecule has 3 aromatic carbocycles. The van der Waals surface area contributed by atoms with E-state index in [0.29, 0.717) is 16.3 Å². The van der Waals surface area contributed by atoms with Crippen molar-refractivity contribution in [3.63, 3.8) is 0 Å². The Morgan fingerprint density at radius 1 is 0.923 bits per heavy atom. The number of fused-ring (bicyclic) bond motifs is 2. The van der Waals surface area contributed by atoms with Crippen LogP contribution in [0.4, 0.5) is 0 Å². The van der Waals surface area contributed by atoms with Gasteiger partial charge in [0, 0.05) is 17.0 Å². The van der Waals surface area contributed by atoms with Crippen LogP contribution in [0, 0.1) is 0 Å². The third kappa shape index (κ3) is 2.86. The maximum Gasteiger partial charge on any atom is 0.255 e. The molecule has 0 saturated heterocycles. The number of aromatic amines is 1. The molecule has 0 fully saturated rings. The summed E-state index contributed by atoms with van der Waals surface area (Å²) in [5, 5.41) is 6.50. The number of rotatable bonds is 3. The summed E-state index contributed by atoms with van der Waals surface area (Å²) in [6, 6.07) is 21.3. The van der Waals surface area contributed by atoms with Crippen molar-refractivity contribution in [2.24, 2.45) is 0 Å². The second-order valence-electron chi connectivity index (χ2n) is 6.38. The molecule has 2 N–H and O–H groups in total. The van der Waals surface area contributed by atoms with Crippen molar-refractivity contribution in [3.05, 3.63) is 94.4 Å². The van der Waals surface area contributed by atoms with Crippen molar-refractivity contribution in [1.29, 1.82) is 0 Å². The van der Waals surface area contributed by atoms with Crippen molar-refractivity contribution in [2.75, 3.05) is 0 Å². The van der Waals surface area contributed by atoms with E-state index in [-0.39, 0.29) is 17.5 Å². The van der Waals surface area contributed by atoms with Gasteiger partial charge in [-0.3, -0.25) is 9.59 Å². The molecule has 4 aromatic rings. The molecule has 4 rings (SSSR count). The summed E-state index contributed by atoms with van der Waals surface area (Å²) in [6.07, 6.45) is 1.48. The zero-order valence-electron chi connectivity index (χ0n) is 14.3. The highest BCUT2D eigenvalue weighted by Crippen LogP contribution is 2.21. The predicted octanol–water partition coefficient (Wildman–Crippen LogP) is 4.17. The van der Waals surface area contributed by atoms with E-state index in [4.69, 9.17) is 0 Å². The fourth-order valence-corrected chi connectivity index (χ4v) is 3.23. The Morgan fingerprint density at radius 2 is 1.62 bits per heavy atom. The van der Waals surface area contributed by atoms with Crippen LogP contribution in [-0.4, -0.2) is 10.9 Å². The number of amides is 1. The number of hydrogen-bond acceptors (Lipinski definition) is 2. The Bertz CT molecular complexity index is 1180. The molecule has 0 saturated carbocycles. The summed E-state index contributed by atoms with van der Waals surface area (Å²) in [7, 11) is 0. The van der Waals surface area contributed by atoms with E-state index in [9.17, 15) is 9.59 Å². The Labute approximate surface area is 150 Å². The molecule has 0 aliphatic rings. The number of benzene rings is 3. The minimum Gasteiger partial charge on any atom is -0.345 e. The van der Waals surface area contributed by atoms with Crippen LogP contribution in [0.25, 0.3) is 21.5 Å². The molecule has 26 heavy (non-hydrogen) atoms. The summed E-state index contributed by atoms with van der Waals surface area (Å²) in [5.41, 5.74) is 1.30. The molecule has 1 atom stereocenters. The largest absolute Gasteiger partial charge is 0.345 e. The molecule has 0 unspecified atom stereocenters. The number of aromatic nitrogens is 1. The van der Waals surface area contributed by atoms with Crippen LogP contribution in [-0.2, 0) is 0 Å². The quantitative estimate of drug-likeness (QED) is 0.587. The topological polar surface area (TPSA) is 62.0 Å². The van der Waals surface area contributed by atoms with Gasteiger partial charge >= 0.3 is 0 Å². The van der Waals surface area contributed by atoms with Gasteiger partial charge in [0.25, 0.3) is 11.5 Å². The van der Waals surface area contributed by atoms with Crippen LogP contribution >= 0.6 is 0 Å². The van der Waals surface area contributed by atoms with Crippen molar-refractivity contribution in [2.45, 2.75) is 13.0 Å². The smallest absolute Gasteiger partial charge is 0.255 e. The van der Waals surface area contributed by atoms with Crippen molar-refractivity contribution < 1.29 is 4.79 Å². The SMILES string of the molecule is C[C@@H](NC(=O)c1c[nH]c(=O)c2ccccc12)c1ccc2ccccc2c1. The van der Waals surface area contributed by atoms with E-state index in [2.05, 4.69) is 34.6 Å². The maximum atomic E-state index is 12.8. The molecule has 4 heteroatoms. The Balaban J connectivity index is 1.65. The van der Waals surface area contributed by atoms with E-state index in [0.717, 1.165) is 10.9 Å². The Hall–Kier alpha value is -3.40. The summed E-state index contributed by atoms with van der Waals surface area (Å²) >= 11 is 0.